The zero-order valence-electron chi connectivity index (χ0n) is 16.3. The molecule has 0 aliphatic heterocycles. The van der Waals surface area contributed by atoms with Crippen molar-refractivity contribution in [3.8, 4) is 5.75 Å². The number of hydrogen-bond donors (Lipinski definition) is 2. The van der Waals surface area contributed by atoms with Gasteiger partial charge in [-0.05, 0) is 48.7 Å². The number of H-pyrrole nitrogens is 1. The number of ether oxygens (including phenoxy) is 1. The fourth-order valence-electron chi connectivity index (χ4n) is 3.29. The Kier molecular flexibility index (Phi) is 5.56. The highest BCUT2D eigenvalue weighted by Crippen LogP contribution is 2.19. The summed E-state index contributed by atoms with van der Waals surface area (Å²) in [5.74, 6) is 1.49. The maximum Gasteiger partial charge on any atom is 0.262 e. The minimum absolute atomic E-state index is 0.0250. The van der Waals surface area contributed by atoms with Crippen molar-refractivity contribution >= 4 is 22.6 Å². The molecule has 146 valence electrons. The van der Waals surface area contributed by atoms with Crippen LogP contribution in [0.25, 0.3) is 11.0 Å². The molecule has 1 aromatic heterocycles. The molecule has 0 fully saturated rings. The second-order valence-corrected chi connectivity index (χ2v) is 6.96. The molecule has 0 spiro atoms. The fourth-order valence-corrected chi connectivity index (χ4v) is 3.29. The van der Waals surface area contributed by atoms with Crippen molar-refractivity contribution in [3.63, 3.8) is 0 Å². The highest BCUT2D eigenvalue weighted by Gasteiger charge is 2.10. The Hall–Kier alpha value is -3.60. The monoisotopic (exact) mass is 385 g/mol. The van der Waals surface area contributed by atoms with Gasteiger partial charge in [0.05, 0.1) is 11.0 Å². The predicted molar refractivity (Wildman–Crippen MR) is 115 cm³/mol. The Morgan fingerprint density at radius 1 is 0.966 bits per heavy atom. The van der Waals surface area contributed by atoms with Crippen molar-refractivity contribution in [2.45, 2.75) is 19.8 Å². The van der Waals surface area contributed by atoms with Crippen LogP contribution in [0, 0.1) is 6.92 Å². The summed E-state index contributed by atoms with van der Waals surface area (Å²) in [4.78, 5) is 20.4. The summed E-state index contributed by atoms with van der Waals surface area (Å²) in [5.41, 5.74) is 4.89. The van der Waals surface area contributed by atoms with Crippen LogP contribution in [0.5, 0.6) is 5.75 Å². The number of imidazole rings is 1. The number of amides is 1. The summed E-state index contributed by atoms with van der Waals surface area (Å²) in [7, 11) is 0. The maximum atomic E-state index is 12.4. The van der Waals surface area contributed by atoms with Gasteiger partial charge in [0.2, 0.25) is 0 Å². The van der Waals surface area contributed by atoms with Crippen molar-refractivity contribution < 1.29 is 9.53 Å². The van der Waals surface area contributed by atoms with E-state index in [1.54, 1.807) is 0 Å². The van der Waals surface area contributed by atoms with Crippen LogP contribution in [-0.4, -0.2) is 22.5 Å². The van der Waals surface area contributed by atoms with Crippen molar-refractivity contribution in [1.29, 1.82) is 0 Å². The average Bonchev–Trinajstić information content (AvgIpc) is 3.15. The Morgan fingerprint density at radius 3 is 2.59 bits per heavy atom. The number of carbonyl (C=O) groups excluding carboxylic acids is 1. The van der Waals surface area contributed by atoms with Gasteiger partial charge in [-0.15, -0.1) is 0 Å². The molecule has 1 heterocycles. The van der Waals surface area contributed by atoms with Gasteiger partial charge < -0.3 is 15.0 Å². The summed E-state index contributed by atoms with van der Waals surface area (Å²) in [6.07, 6.45) is 1.54. The number of aromatic amines is 1. The molecule has 4 rings (SSSR count). The van der Waals surface area contributed by atoms with Gasteiger partial charge >= 0.3 is 0 Å². The van der Waals surface area contributed by atoms with Crippen LogP contribution in [0.15, 0.2) is 72.8 Å². The molecule has 29 heavy (non-hydrogen) atoms. The largest absolute Gasteiger partial charge is 0.483 e. The Labute approximate surface area is 169 Å². The predicted octanol–water partition coefficient (Wildman–Crippen LogP) is 4.67. The maximum absolute atomic E-state index is 12.4. The molecule has 0 atom stereocenters. The van der Waals surface area contributed by atoms with Crippen LogP contribution in [0.2, 0.25) is 0 Å². The molecule has 0 saturated heterocycles. The number of aromatic nitrogens is 2. The van der Waals surface area contributed by atoms with E-state index in [0.29, 0.717) is 0 Å². The second-order valence-electron chi connectivity index (χ2n) is 6.96. The quantitative estimate of drug-likeness (QED) is 0.486. The first kappa shape index (κ1) is 18.7. The van der Waals surface area contributed by atoms with Crippen LogP contribution >= 0.6 is 0 Å². The number of hydrogen-bond acceptors (Lipinski definition) is 3. The number of nitrogens with zero attached hydrogens (tertiary/aromatic N) is 1. The number of rotatable bonds is 7. The standard InChI is InChI=1S/C24H23N3O2/c1-17-8-2-7-13-22(17)29-16-24(28)27-19-10-4-3-9-18(19)14-15-23-25-20-11-5-6-12-21(20)26-23/h2-13H,14-16H2,1H3,(H,25,26)(H,27,28). The Morgan fingerprint density at radius 2 is 1.72 bits per heavy atom. The molecule has 0 radical (unpaired) electrons. The first-order valence-electron chi connectivity index (χ1n) is 9.69. The minimum atomic E-state index is -0.176. The van der Waals surface area contributed by atoms with E-state index in [2.05, 4.69) is 15.3 Å². The van der Waals surface area contributed by atoms with E-state index >= 15 is 0 Å². The average molecular weight is 385 g/mol. The van der Waals surface area contributed by atoms with Crippen molar-refractivity contribution in [2.75, 3.05) is 11.9 Å². The van der Waals surface area contributed by atoms with Crippen LogP contribution in [-0.2, 0) is 17.6 Å². The van der Waals surface area contributed by atoms with Gasteiger partial charge in [-0.1, -0.05) is 48.5 Å². The summed E-state index contributed by atoms with van der Waals surface area (Å²) < 4.78 is 5.65. The van der Waals surface area contributed by atoms with E-state index in [4.69, 9.17) is 4.74 Å². The van der Waals surface area contributed by atoms with E-state index in [9.17, 15) is 4.79 Å². The van der Waals surface area contributed by atoms with Gasteiger partial charge in [-0.3, -0.25) is 4.79 Å². The van der Waals surface area contributed by atoms with Gasteiger partial charge in [0.1, 0.15) is 11.6 Å². The molecule has 0 aliphatic carbocycles. The lowest BCUT2D eigenvalue weighted by atomic mass is 10.1. The summed E-state index contributed by atoms with van der Waals surface area (Å²) in [6, 6.07) is 23.5. The molecule has 5 heteroatoms. The number of fused-ring (bicyclic) bond motifs is 1. The van der Waals surface area contributed by atoms with E-state index < -0.39 is 0 Å². The Bertz CT molecular complexity index is 1100. The third kappa shape index (κ3) is 4.63. The van der Waals surface area contributed by atoms with Gasteiger partial charge in [-0.2, -0.15) is 0 Å². The highest BCUT2D eigenvalue weighted by atomic mass is 16.5. The number of benzene rings is 3. The van der Waals surface area contributed by atoms with Crippen LogP contribution in [0.1, 0.15) is 17.0 Å². The van der Waals surface area contributed by atoms with Gasteiger partial charge in [0.25, 0.3) is 5.91 Å². The molecule has 0 saturated carbocycles. The van der Waals surface area contributed by atoms with Crippen molar-refractivity contribution in [1.82, 2.24) is 9.97 Å². The third-order valence-corrected chi connectivity index (χ3v) is 4.81. The van der Waals surface area contributed by atoms with Crippen LogP contribution in [0.4, 0.5) is 5.69 Å². The summed E-state index contributed by atoms with van der Waals surface area (Å²) >= 11 is 0. The van der Waals surface area contributed by atoms with Crippen LogP contribution in [0.3, 0.4) is 0 Å². The van der Waals surface area contributed by atoms with Gasteiger partial charge in [0, 0.05) is 12.1 Å². The number of anilines is 1. The molecule has 0 unspecified atom stereocenters. The highest BCUT2D eigenvalue weighted by molar-refractivity contribution is 5.92. The SMILES string of the molecule is Cc1ccccc1OCC(=O)Nc1ccccc1CCc1nc2ccccc2[nH]1. The van der Waals surface area contributed by atoms with Crippen molar-refractivity contribution in [3.05, 3.63) is 89.7 Å². The minimum Gasteiger partial charge on any atom is -0.483 e. The summed E-state index contributed by atoms with van der Waals surface area (Å²) in [6.45, 7) is 1.93. The lowest BCUT2D eigenvalue weighted by Crippen LogP contribution is -2.21. The zero-order valence-corrected chi connectivity index (χ0v) is 16.3. The molecule has 3 aromatic carbocycles. The number of para-hydroxylation sites is 4. The molecule has 0 aliphatic rings. The molecule has 2 N–H and O–H groups in total. The first-order valence-corrected chi connectivity index (χ1v) is 9.69. The third-order valence-electron chi connectivity index (χ3n) is 4.81. The number of carbonyl (C=O) groups is 1. The van der Waals surface area contributed by atoms with Crippen LogP contribution < -0.4 is 10.1 Å². The van der Waals surface area contributed by atoms with Gasteiger partial charge in [0.15, 0.2) is 6.61 Å². The van der Waals surface area contributed by atoms with E-state index in [1.165, 1.54) is 0 Å². The molecule has 1 amide bonds. The van der Waals surface area contributed by atoms with E-state index in [-0.39, 0.29) is 12.5 Å². The first-order chi connectivity index (χ1) is 14.2. The molecular formula is C24H23N3O2. The molecule has 4 aromatic rings. The normalized spacial score (nSPS) is 10.8. The topological polar surface area (TPSA) is 67.0 Å². The molecular weight excluding hydrogens is 362 g/mol. The number of nitrogens with one attached hydrogen (secondary N) is 2. The van der Waals surface area contributed by atoms with Gasteiger partial charge in [-0.25, -0.2) is 4.98 Å². The summed E-state index contributed by atoms with van der Waals surface area (Å²) in [5, 5.41) is 2.97. The van der Waals surface area contributed by atoms with E-state index in [1.807, 2.05) is 79.7 Å². The van der Waals surface area contributed by atoms with Crippen molar-refractivity contribution in [2.24, 2.45) is 0 Å². The molecule has 5 nitrogen and oxygen atoms in total. The second kappa shape index (κ2) is 8.61. The van der Waals surface area contributed by atoms with E-state index in [0.717, 1.165) is 52.3 Å². The lowest BCUT2D eigenvalue weighted by Gasteiger charge is -2.12. The Balaban J connectivity index is 1.38. The fraction of sp³-hybridized carbons (Fsp3) is 0.167. The smallest absolute Gasteiger partial charge is 0.262 e. The molecule has 0 bridgehead atoms. The number of aryl methyl sites for hydroxylation is 3. The zero-order chi connectivity index (χ0) is 20.1. The lowest BCUT2D eigenvalue weighted by molar-refractivity contribution is -0.118.